The lowest BCUT2D eigenvalue weighted by Crippen LogP contribution is -2.15. The van der Waals surface area contributed by atoms with Gasteiger partial charge in [-0.25, -0.2) is 0 Å². The van der Waals surface area contributed by atoms with E-state index in [2.05, 4.69) is 78.1 Å². The number of ether oxygens (including phenoxy) is 1. The maximum atomic E-state index is 5.95. The van der Waals surface area contributed by atoms with Gasteiger partial charge in [0.05, 0.1) is 6.10 Å². The zero-order chi connectivity index (χ0) is 18.1. The van der Waals surface area contributed by atoms with Gasteiger partial charge in [0.1, 0.15) is 0 Å². The van der Waals surface area contributed by atoms with Crippen molar-refractivity contribution in [1.29, 1.82) is 0 Å². The summed E-state index contributed by atoms with van der Waals surface area (Å²) >= 11 is 0. The second-order valence-electron chi connectivity index (χ2n) is 7.68. The third-order valence-electron chi connectivity index (χ3n) is 5.96. The largest absolute Gasteiger partial charge is 0.378 e. The van der Waals surface area contributed by atoms with Gasteiger partial charge in [-0.1, -0.05) is 48.5 Å². The molecule has 0 radical (unpaired) electrons. The van der Waals surface area contributed by atoms with E-state index in [0.717, 1.165) is 12.3 Å². The summed E-state index contributed by atoms with van der Waals surface area (Å²) in [5.41, 5.74) is 7.79. The molecular weight excluding hydrogens is 330 g/mol. The van der Waals surface area contributed by atoms with Gasteiger partial charge in [0.2, 0.25) is 0 Å². The lowest BCUT2D eigenvalue weighted by Gasteiger charge is -2.19. The van der Waals surface area contributed by atoms with E-state index < -0.39 is 0 Å². The first-order valence-electron chi connectivity index (χ1n) is 10.0. The zero-order valence-corrected chi connectivity index (χ0v) is 15.5. The van der Waals surface area contributed by atoms with Crippen molar-refractivity contribution in [3.05, 3.63) is 83.9 Å². The minimum Gasteiger partial charge on any atom is -0.378 e. The van der Waals surface area contributed by atoms with Crippen LogP contribution in [-0.2, 0) is 11.2 Å². The Morgan fingerprint density at radius 1 is 0.778 bits per heavy atom. The quantitative estimate of drug-likeness (QED) is 0.592. The molecule has 2 atom stereocenters. The first-order chi connectivity index (χ1) is 13.4. The fourth-order valence-electron chi connectivity index (χ4n) is 4.58. The molecule has 2 nitrogen and oxygen atoms in total. The summed E-state index contributed by atoms with van der Waals surface area (Å²) in [4.78, 5) is 0. The monoisotopic (exact) mass is 355 g/mol. The van der Waals surface area contributed by atoms with Crippen molar-refractivity contribution in [2.24, 2.45) is 0 Å². The van der Waals surface area contributed by atoms with E-state index in [0.29, 0.717) is 12.0 Å². The minimum absolute atomic E-state index is 0.440. The van der Waals surface area contributed by atoms with Crippen LogP contribution in [0, 0.1) is 0 Å². The SMILES string of the molecule is c1ccc(-c2ccc(Nc3ccc4c(c3)CC[C@@H]4[C@H]3CCCO3)cc2)cc1. The Morgan fingerprint density at radius 2 is 1.56 bits per heavy atom. The Labute approximate surface area is 161 Å². The lowest BCUT2D eigenvalue weighted by molar-refractivity contribution is 0.0888. The Balaban J connectivity index is 1.32. The zero-order valence-electron chi connectivity index (χ0n) is 15.5. The van der Waals surface area contributed by atoms with Crippen molar-refractivity contribution in [3.63, 3.8) is 0 Å². The van der Waals surface area contributed by atoms with Gasteiger partial charge in [-0.3, -0.25) is 0 Å². The van der Waals surface area contributed by atoms with E-state index in [1.54, 1.807) is 0 Å². The summed E-state index contributed by atoms with van der Waals surface area (Å²) in [7, 11) is 0. The van der Waals surface area contributed by atoms with Gasteiger partial charge in [-0.2, -0.15) is 0 Å². The highest BCUT2D eigenvalue weighted by Crippen LogP contribution is 2.41. The van der Waals surface area contributed by atoms with Crippen LogP contribution in [0.1, 0.15) is 36.3 Å². The average Bonchev–Trinajstić information content (AvgIpc) is 3.38. The first-order valence-corrected chi connectivity index (χ1v) is 10.0. The smallest absolute Gasteiger partial charge is 0.0644 e. The molecule has 2 heteroatoms. The summed E-state index contributed by atoms with van der Waals surface area (Å²) in [6.45, 7) is 0.940. The Morgan fingerprint density at radius 3 is 2.33 bits per heavy atom. The van der Waals surface area contributed by atoms with Gasteiger partial charge in [-0.15, -0.1) is 0 Å². The van der Waals surface area contributed by atoms with Crippen molar-refractivity contribution >= 4 is 11.4 Å². The number of hydrogen-bond donors (Lipinski definition) is 1. The molecule has 0 bridgehead atoms. The predicted molar refractivity (Wildman–Crippen MR) is 112 cm³/mol. The highest BCUT2D eigenvalue weighted by molar-refractivity contribution is 5.68. The number of benzene rings is 3. The third kappa shape index (κ3) is 3.38. The molecule has 27 heavy (non-hydrogen) atoms. The van der Waals surface area contributed by atoms with Crippen molar-refractivity contribution in [3.8, 4) is 11.1 Å². The number of aryl methyl sites for hydroxylation is 1. The molecule has 0 aromatic heterocycles. The minimum atomic E-state index is 0.440. The average molecular weight is 355 g/mol. The molecule has 0 spiro atoms. The maximum Gasteiger partial charge on any atom is 0.0644 e. The molecule has 1 aliphatic heterocycles. The summed E-state index contributed by atoms with van der Waals surface area (Å²) in [5, 5.41) is 3.57. The van der Waals surface area contributed by atoms with Gasteiger partial charge in [0, 0.05) is 23.9 Å². The molecule has 3 aromatic rings. The molecule has 3 aromatic carbocycles. The van der Waals surface area contributed by atoms with Crippen LogP contribution in [0.3, 0.4) is 0 Å². The molecule has 1 fully saturated rings. The Bertz CT molecular complexity index is 911. The molecule has 0 amide bonds. The molecule has 2 aliphatic rings. The molecule has 5 rings (SSSR count). The third-order valence-corrected chi connectivity index (χ3v) is 5.96. The Kier molecular flexibility index (Phi) is 4.43. The summed E-state index contributed by atoms with van der Waals surface area (Å²) in [5.74, 6) is 0.599. The molecular formula is C25H25NO. The molecule has 0 unspecified atom stereocenters. The van der Waals surface area contributed by atoms with Crippen LogP contribution in [0.15, 0.2) is 72.8 Å². The van der Waals surface area contributed by atoms with E-state index in [4.69, 9.17) is 4.74 Å². The van der Waals surface area contributed by atoms with Crippen LogP contribution < -0.4 is 5.32 Å². The topological polar surface area (TPSA) is 21.3 Å². The second-order valence-corrected chi connectivity index (χ2v) is 7.68. The van der Waals surface area contributed by atoms with Gasteiger partial charge >= 0.3 is 0 Å². The molecule has 136 valence electrons. The lowest BCUT2D eigenvalue weighted by atomic mass is 9.93. The van der Waals surface area contributed by atoms with E-state index in [1.807, 2.05) is 0 Å². The van der Waals surface area contributed by atoms with Crippen LogP contribution in [0.4, 0.5) is 11.4 Å². The number of nitrogens with one attached hydrogen (secondary N) is 1. The number of hydrogen-bond acceptors (Lipinski definition) is 2. The van der Waals surface area contributed by atoms with Crippen LogP contribution in [-0.4, -0.2) is 12.7 Å². The maximum absolute atomic E-state index is 5.95. The van der Waals surface area contributed by atoms with Crippen LogP contribution in [0.2, 0.25) is 0 Å². The fourth-order valence-corrected chi connectivity index (χ4v) is 4.58. The Hall–Kier alpha value is -2.58. The van der Waals surface area contributed by atoms with Crippen molar-refractivity contribution < 1.29 is 4.74 Å². The fraction of sp³-hybridized carbons (Fsp3) is 0.280. The van der Waals surface area contributed by atoms with Gasteiger partial charge in [-0.05, 0) is 72.2 Å². The van der Waals surface area contributed by atoms with Crippen LogP contribution >= 0.6 is 0 Å². The molecule has 0 saturated carbocycles. The van der Waals surface area contributed by atoms with E-state index >= 15 is 0 Å². The van der Waals surface area contributed by atoms with E-state index in [1.165, 1.54) is 53.6 Å². The first kappa shape index (κ1) is 16.6. The number of fused-ring (bicyclic) bond motifs is 1. The standard InChI is InChI=1S/C25H25NO/c1-2-5-18(6-3-1)19-8-11-21(12-9-19)26-22-13-15-23-20(17-22)10-14-24(23)25-7-4-16-27-25/h1-3,5-6,8-9,11-13,15,17,24-26H,4,7,10,14,16H2/t24-,25+/m0/s1. The summed E-state index contributed by atoms with van der Waals surface area (Å²) in [6, 6.07) is 26.0. The normalized spacial score (nSPS) is 21.2. The molecule has 1 aliphatic carbocycles. The summed E-state index contributed by atoms with van der Waals surface area (Å²) in [6.07, 6.45) is 5.28. The number of rotatable bonds is 4. The van der Waals surface area contributed by atoms with Crippen LogP contribution in [0.5, 0.6) is 0 Å². The molecule has 1 N–H and O–H groups in total. The van der Waals surface area contributed by atoms with Crippen LogP contribution in [0.25, 0.3) is 11.1 Å². The van der Waals surface area contributed by atoms with Gasteiger partial charge in [0.25, 0.3) is 0 Å². The predicted octanol–water partition coefficient (Wildman–Crippen LogP) is 6.31. The van der Waals surface area contributed by atoms with E-state index in [9.17, 15) is 0 Å². The van der Waals surface area contributed by atoms with Crippen molar-refractivity contribution in [2.75, 3.05) is 11.9 Å². The highest BCUT2D eigenvalue weighted by Gasteiger charge is 2.32. The number of anilines is 2. The van der Waals surface area contributed by atoms with Crippen molar-refractivity contribution in [1.82, 2.24) is 0 Å². The summed E-state index contributed by atoms with van der Waals surface area (Å²) < 4.78 is 5.95. The molecule has 1 heterocycles. The molecule has 1 saturated heterocycles. The second kappa shape index (κ2) is 7.21. The van der Waals surface area contributed by atoms with Crippen molar-refractivity contribution in [2.45, 2.75) is 37.7 Å². The van der Waals surface area contributed by atoms with Gasteiger partial charge in [0.15, 0.2) is 0 Å². The van der Waals surface area contributed by atoms with E-state index in [-0.39, 0.29) is 0 Å². The van der Waals surface area contributed by atoms with Gasteiger partial charge < -0.3 is 10.1 Å². The highest BCUT2D eigenvalue weighted by atomic mass is 16.5.